The zero-order valence-corrected chi connectivity index (χ0v) is 11.3. The molecule has 9 heteroatoms. The number of nitrogens with zero attached hydrogens (tertiary/aromatic N) is 2. The first-order valence-electron chi connectivity index (χ1n) is 6.02. The molecular weight excluding hydrogens is 289 g/mol. The molecule has 110 valence electrons. The summed E-state index contributed by atoms with van der Waals surface area (Å²) in [6.07, 6.45) is 1.07. The highest BCUT2D eigenvalue weighted by Crippen LogP contribution is 2.24. The van der Waals surface area contributed by atoms with Gasteiger partial charge in [-0.3, -0.25) is 10.1 Å². The lowest BCUT2D eigenvalue weighted by Crippen LogP contribution is -2.42. The van der Waals surface area contributed by atoms with Gasteiger partial charge in [-0.1, -0.05) is 0 Å². The number of hydrogen-bond donors (Lipinski definition) is 1. The Morgan fingerprint density at radius 1 is 1.35 bits per heavy atom. The molecule has 2 rings (SSSR count). The monoisotopic (exact) mass is 303 g/mol. The molecule has 0 spiro atoms. The highest BCUT2D eigenvalue weighted by molar-refractivity contribution is 7.89. The quantitative estimate of drug-likeness (QED) is 0.658. The van der Waals surface area contributed by atoms with Crippen molar-refractivity contribution in [3.8, 4) is 0 Å². The maximum atomic E-state index is 13.5. The summed E-state index contributed by atoms with van der Waals surface area (Å²) in [5.74, 6) is -1.16. The van der Waals surface area contributed by atoms with Crippen LogP contribution in [0, 0.1) is 15.9 Å². The number of nitrogens with two attached hydrogens (primary N) is 1. The highest BCUT2D eigenvalue weighted by Gasteiger charge is 2.29. The van der Waals surface area contributed by atoms with Gasteiger partial charge in [0.2, 0.25) is 15.8 Å². The molecule has 1 aliphatic rings. The van der Waals surface area contributed by atoms with Crippen LogP contribution in [0.15, 0.2) is 23.1 Å². The summed E-state index contributed by atoms with van der Waals surface area (Å²) in [5, 5.41) is 10.5. The van der Waals surface area contributed by atoms with Crippen LogP contribution in [0.4, 0.5) is 10.1 Å². The Morgan fingerprint density at radius 2 is 1.95 bits per heavy atom. The van der Waals surface area contributed by atoms with Gasteiger partial charge in [0.25, 0.3) is 0 Å². The number of hydrogen-bond acceptors (Lipinski definition) is 5. The van der Waals surface area contributed by atoms with Gasteiger partial charge in [-0.25, -0.2) is 8.42 Å². The first-order valence-corrected chi connectivity index (χ1v) is 7.46. The Morgan fingerprint density at radius 3 is 2.45 bits per heavy atom. The summed E-state index contributed by atoms with van der Waals surface area (Å²) in [6, 6.07) is 2.56. The van der Waals surface area contributed by atoms with Crippen molar-refractivity contribution in [3.05, 3.63) is 34.1 Å². The second kappa shape index (κ2) is 5.43. The predicted octanol–water partition coefficient (Wildman–Crippen LogP) is 0.846. The van der Waals surface area contributed by atoms with Crippen molar-refractivity contribution < 1.29 is 17.7 Å². The molecule has 0 aliphatic carbocycles. The number of rotatable bonds is 3. The summed E-state index contributed by atoms with van der Waals surface area (Å²) in [5.41, 5.74) is 4.95. The van der Waals surface area contributed by atoms with Crippen molar-refractivity contribution in [2.24, 2.45) is 5.73 Å². The predicted molar refractivity (Wildman–Crippen MR) is 69.0 cm³/mol. The number of nitro benzene ring substituents is 1. The average Bonchev–Trinajstić information content (AvgIpc) is 2.38. The van der Waals surface area contributed by atoms with E-state index in [1.165, 1.54) is 4.31 Å². The number of nitro groups is 1. The van der Waals surface area contributed by atoms with Crippen LogP contribution in [-0.4, -0.2) is 36.8 Å². The summed E-state index contributed by atoms with van der Waals surface area (Å²) >= 11 is 0. The van der Waals surface area contributed by atoms with Crippen molar-refractivity contribution in [2.75, 3.05) is 13.1 Å². The Bertz CT molecular complexity index is 627. The SMILES string of the molecule is NC1CCN(S(=O)(=O)c2ccc([N+](=O)[O-])c(F)c2)CC1. The molecule has 2 N–H and O–H groups in total. The molecule has 0 saturated carbocycles. The van der Waals surface area contributed by atoms with E-state index < -0.39 is 26.5 Å². The molecule has 1 heterocycles. The van der Waals surface area contributed by atoms with Crippen molar-refractivity contribution in [3.63, 3.8) is 0 Å². The lowest BCUT2D eigenvalue weighted by molar-refractivity contribution is -0.387. The van der Waals surface area contributed by atoms with Crippen molar-refractivity contribution >= 4 is 15.7 Å². The fraction of sp³-hybridized carbons (Fsp3) is 0.455. The van der Waals surface area contributed by atoms with E-state index in [1.807, 2.05) is 0 Å². The van der Waals surface area contributed by atoms with Gasteiger partial charge >= 0.3 is 5.69 Å². The largest absolute Gasteiger partial charge is 0.328 e. The van der Waals surface area contributed by atoms with E-state index in [1.54, 1.807) is 0 Å². The minimum Gasteiger partial charge on any atom is -0.328 e. The average molecular weight is 303 g/mol. The molecule has 0 bridgehead atoms. The normalized spacial score (nSPS) is 18.1. The molecule has 0 atom stereocenters. The van der Waals surface area contributed by atoms with Crippen LogP contribution in [0.1, 0.15) is 12.8 Å². The molecule has 0 unspecified atom stereocenters. The van der Waals surface area contributed by atoms with Gasteiger partial charge in [-0.15, -0.1) is 0 Å². The third-order valence-corrected chi connectivity index (χ3v) is 5.15. The zero-order chi connectivity index (χ0) is 14.9. The molecule has 1 aliphatic heterocycles. The van der Waals surface area contributed by atoms with Crippen LogP contribution in [0.5, 0.6) is 0 Å². The van der Waals surface area contributed by atoms with E-state index in [2.05, 4.69) is 0 Å². The van der Waals surface area contributed by atoms with Crippen molar-refractivity contribution in [1.82, 2.24) is 4.31 Å². The van der Waals surface area contributed by atoms with Crippen LogP contribution < -0.4 is 5.73 Å². The molecule has 7 nitrogen and oxygen atoms in total. The Balaban J connectivity index is 2.30. The van der Waals surface area contributed by atoms with Gasteiger partial charge in [0.1, 0.15) is 0 Å². The molecule has 1 saturated heterocycles. The lowest BCUT2D eigenvalue weighted by Gasteiger charge is -2.29. The summed E-state index contributed by atoms with van der Waals surface area (Å²) < 4.78 is 39.3. The fourth-order valence-electron chi connectivity index (χ4n) is 2.06. The summed E-state index contributed by atoms with van der Waals surface area (Å²) in [6.45, 7) is 0.532. The Kier molecular flexibility index (Phi) is 4.02. The second-order valence-corrected chi connectivity index (χ2v) is 6.55. The first kappa shape index (κ1) is 14.8. The molecule has 0 radical (unpaired) electrons. The van der Waals surface area contributed by atoms with Gasteiger partial charge in [0.05, 0.1) is 9.82 Å². The van der Waals surface area contributed by atoms with Crippen molar-refractivity contribution in [1.29, 1.82) is 0 Å². The molecule has 1 fully saturated rings. The molecule has 1 aromatic carbocycles. The van der Waals surface area contributed by atoms with Crippen LogP contribution >= 0.6 is 0 Å². The first-order chi connectivity index (χ1) is 9.32. The van der Waals surface area contributed by atoms with Gasteiger partial charge < -0.3 is 5.73 Å². The number of halogens is 1. The molecular formula is C11H14FN3O4S. The summed E-state index contributed by atoms with van der Waals surface area (Å²) in [7, 11) is -3.84. The smallest absolute Gasteiger partial charge is 0.304 e. The van der Waals surface area contributed by atoms with Gasteiger partial charge in [-0.2, -0.15) is 8.70 Å². The van der Waals surface area contributed by atoms with E-state index in [4.69, 9.17) is 5.73 Å². The molecule has 0 aromatic heterocycles. The van der Waals surface area contributed by atoms with Gasteiger partial charge in [0.15, 0.2) is 0 Å². The fourth-order valence-corrected chi connectivity index (χ4v) is 3.54. The van der Waals surface area contributed by atoms with Gasteiger partial charge in [0, 0.05) is 31.3 Å². The molecule has 0 amide bonds. The van der Waals surface area contributed by atoms with E-state index in [9.17, 15) is 22.9 Å². The zero-order valence-electron chi connectivity index (χ0n) is 10.5. The van der Waals surface area contributed by atoms with Crippen LogP contribution in [0.3, 0.4) is 0 Å². The highest BCUT2D eigenvalue weighted by atomic mass is 32.2. The maximum Gasteiger partial charge on any atom is 0.304 e. The minimum absolute atomic E-state index is 0.0324. The topological polar surface area (TPSA) is 107 Å². The van der Waals surface area contributed by atoms with Gasteiger partial charge in [-0.05, 0) is 18.9 Å². The summed E-state index contributed by atoms with van der Waals surface area (Å²) in [4.78, 5) is 9.33. The minimum atomic E-state index is -3.84. The Hall–Kier alpha value is -1.58. The standard InChI is InChI=1S/C11H14FN3O4S/c12-10-7-9(1-2-11(10)15(16)17)20(18,19)14-5-3-8(13)4-6-14/h1-2,7-8H,3-6,13H2. The van der Waals surface area contributed by atoms with E-state index in [-0.39, 0.29) is 24.0 Å². The van der Waals surface area contributed by atoms with E-state index in [0.29, 0.717) is 18.9 Å². The van der Waals surface area contributed by atoms with Crippen LogP contribution in [0.2, 0.25) is 0 Å². The molecule has 1 aromatic rings. The number of piperidine rings is 1. The van der Waals surface area contributed by atoms with E-state index >= 15 is 0 Å². The lowest BCUT2D eigenvalue weighted by atomic mass is 10.1. The third kappa shape index (κ3) is 2.79. The number of benzene rings is 1. The second-order valence-electron chi connectivity index (χ2n) is 4.61. The third-order valence-electron chi connectivity index (χ3n) is 3.25. The van der Waals surface area contributed by atoms with Crippen LogP contribution in [-0.2, 0) is 10.0 Å². The molecule has 20 heavy (non-hydrogen) atoms. The number of sulfonamides is 1. The van der Waals surface area contributed by atoms with E-state index in [0.717, 1.165) is 12.1 Å². The van der Waals surface area contributed by atoms with Crippen LogP contribution in [0.25, 0.3) is 0 Å². The maximum absolute atomic E-state index is 13.5. The van der Waals surface area contributed by atoms with Crippen molar-refractivity contribution in [2.45, 2.75) is 23.8 Å². The Labute approximate surface area is 115 Å².